The number of rotatable bonds is 8. The van der Waals surface area contributed by atoms with Gasteiger partial charge in [0.1, 0.15) is 6.42 Å². The molecule has 218 valence electrons. The number of aliphatic carboxylic acids is 2. The predicted octanol–water partition coefficient (Wildman–Crippen LogP) is 7.30. The van der Waals surface area contributed by atoms with E-state index in [-0.39, 0.29) is 34.5 Å². The van der Waals surface area contributed by atoms with Crippen molar-refractivity contribution < 1.29 is 24.4 Å². The van der Waals surface area contributed by atoms with E-state index in [0.717, 1.165) is 22.8 Å². The first-order valence-electron chi connectivity index (χ1n) is 14.5. The Balaban J connectivity index is 1.91. The van der Waals surface area contributed by atoms with Gasteiger partial charge in [0.25, 0.3) is 0 Å². The van der Waals surface area contributed by atoms with Crippen molar-refractivity contribution in [1.82, 2.24) is 0 Å². The Labute approximate surface area is 244 Å². The molecule has 0 saturated carbocycles. The lowest BCUT2D eigenvalue weighted by molar-refractivity contribution is -0.437. The highest BCUT2D eigenvalue weighted by molar-refractivity contribution is 6.04. The lowest BCUT2D eigenvalue weighted by Crippen LogP contribution is -2.43. The highest BCUT2D eigenvalue weighted by Crippen LogP contribution is 2.56. The molecule has 2 atom stereocenters. The highest BCUT2D eigenvalue weighted by atomic mass is 16.4. The van der Waals surface area contributed by atoms with E-state index in [4.69, 9.17) is 0 Å². The number of nitrogens with zero attached hydrogens (tertiary/aromatic N) is 2. The van der Waals surface area contributed by atoms with Crippen LogP contribution in [0.4, 0.5) is 11.4 Å². The van der Waals surface area contributed by atoms with E-state index < -0.39 is 11.9 Å². The van der Waals surface area contributed by atoms with Crippen LogP contribution in [0.25, 0.3) is 0 Å². The van der Waals surface area contributed by atoms with Gasteiger partial charge in [0.05, 0.1) is 11.8 Å². The van der Waals surface area contributed by atoms with Crippen LogP contribution in [0.3, 0.4) is 0 Å². The average Bonchev–Trinajstić information content (AvgIpc) is 3.28. The number of benzene rings is 2. The Morgan fingerprint density at radius 2 is 1.39 bits per heavy atom. The molecular formula is C35H45N2O4+. The van der Waals surface area contributed by atoms with Crippen LogP contribution in [-0.2, 0) is 20.4 Å². The van der Waals surface area contributed by atoms with Crippen LogP contribution in [0.15, 0.2) is 72.5 Å². The molecule has 2 aromatic carbocycles. The van der Waals surface area contributed by atoms with Gasteiger partial charge in [-0.05, 0) is 42.4 Å². The molecule has 0 saturated heterocycles. The lowest BCUT2D eigenvalue weighted by Gasteiger charge is -2.41. The van der Waals surface area contributed by atoms with E-state index in [1.54, 1.807) is 0 Å². The van der Waals surface area contributed by atoms with Crippen LogP contribution in [0, 0.1) is 10.8 Å². The summed E-state index contributed by atoms with van der Waals surface area (Å²) in [4.78, 5) is 25.4. The molecule has 2 aliphatic heterocycles. The number of carboxylic acid groups (broad SMARTS) is 2. The quantitative estimate of drug-likeness (QED) is 0.333. The Hall–Kier alpha value is -3.67. The van der Waals surface area contributed by atoms with Crippen LogP contribution in [0.5, 0.6) is 0 Å². The van der Waals surface area contributed by atoms with Crippen molar-refractivity contribution in [2.45, 2.75) is 79.1 Å². The van der Waals surface area contributed by atoms with Crippen molar-refractivity contribution in [3.8, 4) is 0 Å². The Morgan fingerprint density at radius 1 is 0.829 bits per heavy atom. The number of hydrogen-bond donors (Lipinski definition) is 2. The summed E-state index contributed by atoms with van der Waals surface area (Å²) in [7, 11) is 0. The number of hydrogen-bond acceptors (Lipinski definition) is 3. The minimum Gasteiger partial charge on any atom is -0.481 e. The highest BCUT2D eigenvalue weighted by Gasteiger charge is 2.54. The maximum Gasteiger partial charge on any atom is 0.309 e. The van der Waals surface area contributed by atoms with Crippen LogP contribution >= 0.6 is 0 Å². The van der Waals surface area contributed by atoms with E-state index in [1.807, 2.05) is 12.1 Å². The molecule has 4 rings (SSSR count). The maximum atomic E-state index is 11.6. The minimum atomic E-state index is -0.823. The summed E-state index contributed by atoms with van der Waals surface area (Å²) in [5.74, 6) is -1.65. The number of allylic oxidation sites excluding steroid dienone is 4. The number of carbonyl (C=O) groups is 2. The molecule has 0 amide bonds. The third kappa shape index (κ3) is 5.02. The smallest absolute Gasteiger partial charge is 0.309 e. The van der Waals surface area contributed by atoms with Crippen LogP contribution in [-0.4, -0.2) is 45.5 Å². The lowest BCUT2D eigenvalue weighted by atomic mass is 9.62. The van der Waals surface area contributed by atoms with E-state index in [0.29, 0.717) is 13.1 Å². The molecule has 0 spiro atoms. The second kappa shape index (κ2) is 10.6. The first-order valence-corrected chi connectivity index (χ1v) is 14.5. The average molecular weight is 558 g/mol. The number of carboxylic acids is 2. The van der Waals surface area contributed by atoms with E-state index in [9.17, 15) is 19.8 Å². The fourth-order valence-corrected chi connectivity index (χ4v) is 6.56. The van der Waals surface area contributed by atoms with Gasteiger partial charge in [0.15, 0.2) is 12.3 Å². The molecule has 2 heterocycles. The van der Waals surface area contributed by atoms with Crippen LogP contribution in [0.1, 0.15) is 79.4 Å². The molecule has 0 bridgehead atoms. The first kappa shape index (κ1) is 30.3. The van der Waals surface area contributed by atoms with Crippen LogP contribution in [0.2, 0.25) is 0 Å². The van der Waals surface area contributed by atoms with Gasteiger partial charge >= 0.3 is 11.9 Å². The van der Waals surface area contributed by atoms with E-state index in [1.165, 1.54) is 11.1 Å². The van der Waals surface area contributed by atoms with Gasteiger partial charge in [0, 0.05) is 41.1 Å². The Bertz CT molecular complexity index is 1450. The summed E-state index contributed by atoms with van der Waals surface area (Å²) in [6.45, 7) is 18.6. The molecular weight excluding hydrogens is 512 g/mol. The second-order valence-electron chi connectivity index (χ2n) is 13.7. The zero-order chi connectivity index (χ0) is 30.4. The fourth-order valence-electron chi connectivity index (χ4n) is 6.56. The molecule has 2 aliphatic rings. The summed E-state index contributed by atoms with van der Waals surface area (Å²) in [5, 5.41) is 19.1. The van der Waals surface area contributed by atoms with Gasteiger partial charge < -0.3 is 15.1 Å². The van der Waals surface area contributed by atoms with Gasteiger partial charge in [0.2, 0.25) is 5.69 Å². The molecule has 2 aromatic rings. The Morgan fingerprint density at radius 3 is 1.98 bits per heavy atom. The van der Waals surface area contributed by atoms with Gasteiger partial charge in [-0.3, -0.25) is 9.59 Å². The van der Waals surface area contributed by atoms with Crippen molar-refractivity contribution >= 4 is 29.0 Å². The van der Waals surface area contributed by atoms with E-state index in [2.05, 4.69) is 119 Å². The second-order valence-corrected chi connectivity index (χ2v) is 13.7. The molecule has 6 heteroatoms. The molecule has 0 radical (unpaired) electrons. The molecule has 0 aromatic heterocycles. The molecule has 0 fully saturated rings. The Kier molecular flexibility index (Phi) is 7.85. The van der Waals surface area contributed by atoms with E-state index >= 15 is 0 Å². The number of fused-ring (bicyclic) bond motifs is 2. The summed E-state index contributed by atoms with van der Waals surface area (Å²) < 4.78 is 2.16. The fraction of sp³-hybridized carbons (Fsp3) is 0.457. The third-order valence-corrected chi connectivity index (χ3v) is 9.68. The van der Waals surface area contributed by atoms with Crippen molar-refractivity contribution in [3.05, 3.63) is 83.6 Å². The number of para-hydroxylation sites is 2. The third-order valence-electron chi connectivity index (χ3n) is 9.68. The van der Waals surface area contributed by atoms with Crippen molar-refractivity contribution in [1.29, 1.82) is 0 Å². The summed E-state index contributed by atoms with van der Waals surface area (Å²) in [5.41, 5.74) is 5.61. The molecule has 2 unspecified atom stereocenters. The predicted molar refractivity (Wildman–Crippen MR) is 165 cm³/mol. The van der Waals surface area contributed by atoms with Crippen molar-refractivity contribution in [2.24, 2.45) is 10.8 Å². The standard InChI is InChI=1S/C35H44N2O4/c1-32(2,3)34(7)24-14-9-11-16-26(24)36(22-20-30(38)39)28(34)18-13-19-29-35(8,33(4,5)6)25-15-10-12-17-27(25)37(29)23-21-31(40)41/h9-19H,20-23H2,1-8H3,(H-,38,39,40,41)/p+1. The van der Waals surface area contributed by atoms with Crippen LogP contribution < -0.4 is 4.90 Å². The zero-order valence-corrected chi connectivity index (χ0v) is 25.8. The monoisotopic (exact) mass is 557 g/mol. The van der Waals surface area contributed by atoms with Gasteiger partial charge in [-0.1, -0.05) is 84.0 Å². The summed E-state index contributed by atoms with van der Waals surface area (Å²) >= 11 is 0. The summed E-state index contributed by atoms with van der Waals surface area (Å²) in [6, 6.07) is 16.6. The van der Waals surface area contributed by atoms with Gasteiger partial charge in [-0.2, -0.15) is 4.58 Å². The largest absolute Gasteiger partial charge is 0.481 e. The normalized spacial score (nSPS) is 23.4. The summed E-state index contributed by atoms with van der Waals surface area (Å²) in [6.07, 6.45) is 6.43. The molecule has 6 nitrogen and oxygen atoms in total. The first-order chi connectivity index (χ1) is 19.0. The van der Waals surface area contributed by atoms with Gasteiger partial charge in [-0.15, -0.1) is 0 Å². The number of anilines is 1. The molecule has 41 heavy (non-hydrogen) atoms. The van der Waals surface area contributed by atoms with Crippen molar-refractivity contribution in [3.63, 3.8) is 0 Å². The topological polar surface area (TPSA) is 80.9 Å². The molecule has 0 aliphatic carbocycles. The maximum absolute atomic E-state index is 11.6. The zero-order valence-electron chi connectivity index (χ0n) is 25.8. The minimum absolute atomic E-state index is 0.0351. The molecule has 2 N–H and O–H groups in total. The van der Waals surface area contributed by atoms with Gasteiger partial charge in [-0.25, -0.2) is 0 Å². The SMILES string of the molecule is CC(C)(C)C1(C)C(/C=C/C=C2/N(CCC(=O)O)c3ccccc3C2(C)C(C)(C)C)=[N+](CCC(=O)O)c2ccccc21. The van der Waals surface area contributed by atoms with Crippen molar-refractivity contribution in [2.75, 3.05) is 18.0 Å².